The number of hydrogen-bond donors (Lipinski definition) is 0. The average molecular weight is 434 g/mol. The molecule has 1 saturated heterocycles. The minimum Gasteiger partial charge on any atom is -0.465 e. The molecule has 0 unspecified atom stereocenters. The number of ether oxygens (including phenoxy) is 1. The number of nitrogens with zero attached hydrogens (tertiary/aromatic N) is 1. The van der Waals surface area contributed by atoms with E-state index in [1.54, 1.807) is 0 Å². The first-order valence-electron chi connectivity index (χ1n) is 7.90. The molecule has 3 rings (SSSR count). The van der Waals surface area contributed by atoms with Crippen molar-refractivity contribution in [3.63, 3.8) is 0 Å². The molecule has 140 valence electrons. The van der Waals surface area contributed by atoms with Crippen LogP contribution in [0.25, 0.3) is 11.0 Å². The lowest BCUT2D eigenvalue weighted by Gasteiger charge is -2.18. The number of carbonyl (C=O) groups excluding carboxylic acids is 2. The zero-order chi connectivity index (χ0) is 18.9. The van der Waals surface area contributed by atoms with Gasteiger partial charge in [-0.15, -0.1) is 0 Å². The van der Waals surface area contributed by atoms with Gasteiger partial charge in [0.2, 0.25) is 5.91 Å². The molecule has 1 aromatic heterocycles. The summed E-state index contributed by atoms with van der Waals surface area (Å²) in [7, 11) is 0. The van der Waals surface area contributed by atoms with E-state index in [4.69, 9.17) is 9.15 Å². The standard InChI is InChI=1S/C17H15BrF3NO4/c18-12-1-2-14-10(5-12)6-13(26-14)3-4-25-16(24)11-7-15(23)22(8-11)9-17(19,20)21/h1-2,5-6,11H,3-4,7-9H2/t11-/m1/s1. The monoisotopic (exact) mass is 433 g/mol. The minimum atomic E-state index is -4.48. The summed E-state index contributed by atoms with van der Waals surface area (Å²) < 4.78 is 48.8. The van der Waals surface area contributed by atoms with Crippen molar-refractivity contribution in [3.05, 3.63) is 34.5 Å². The number of halogens is 4. The largest absolute Gasteiger partial charge is 0.465 e. The zero-order valence-corrected chi connectivity index (χ0v) is 15.1. The van der Waals surface area contributed by atoms with Crippen LogP contribution < -0.4 is 0 Å². The van der Waals surface area contributed by atoms with Crippen LogP contribution in [0.15, 0.2) is 33.2 Å². The van der Waals surface area contributed by atoms with Gasteiger partial charge in [-0.3, -0.25) is 9.59 Å². The number of hydrogen-bond acceptors (Lipinski definition) is 4. The van der Waals surface area contributed by atoms with E-state index >= 15 is 0 Å². The molecule has 1 aromatic carbocycles. The Morgan fingerprint density at radius 2 is 2.12 bits per heavy atom. The van der Waals surface area contributed by atoms with Gasteiger partial charge >= 0.3 is 12.1 Å². The molecule has 9 heteroatoms. The highest BCUT2D eigenvalue weighted by molar-refractivity contribution is 9.10. The van der Waals surface area contributed by atoms with Crippen molar-refractivity contribution in [2.24, 2.45) is 5.92 Å². The molecule has 0 saturated carbocycles. The van der Waals surface area contributed by atoms with Crippen LogP contribution in [0, 0.1) is 5.92 Å². The van der Waals surface area contributed by atoms with Crippen LogP contribution >= 0.6 is 15.9 Å². The fraction of sp³-hybridized carbons (Fsp3) is 0.412. The molecule has 1 fully saturated rings. The lowest BCUT2D eigenvalue weighted by Crippen LogP contribution is -2.35. The molecule has 0 radical (unpaired) electrons. The van der Waals surface area contributed by atoms with Gasteiger partial charge < -0.3 is 14.1 Å². The maximum absolute atomic E-state index is 12.4. The van der Waals surface area contributed by atoms with Gasteiger partial charge in [0.25, 0.3) is 0 Å². The lowest BCUT2D eigenvalue weighted by atomic mass is 10.1. The Bertz CT molecular complexity index is 833. The molecule has 2 aromatic rings. The predicted octanol–water partition coefficient (Wildman–Crippen LogP) is 3.69. The van der Waals surface area contributed by atoms with Crippen LogP contribution in [-0.2, 0) is 20.7 Å². The van der Waals surface area contributed by atoms with Crippen LogP contribution in [-0.4, -0.2) is 42.6 Å². The molecule has 26 heavy (non-hydrogen) atoms. The van der Waals surface area contributed by atoms with Gasteiger partial charge in [0.15, 0.2) is 0 Å². The first kappa shape index (κ1) is 18.8. The molecular formula is C17H15BrF3NO4. The summed E-state index contributed by atoms with van der Waals surface area (Å²) >= 11 is 3.37. The number of benzene rings is 1. The van der Waals surface area contributed by atoms with Gasteiger partial charge in [-0.25, -0.2) is 0 Å². The first-order chi connectivity index (χ1) is 12.2. The first-order valence-corrected chi connectivity index (χ1v) is 8.70. The highest BCUT2D eigenvalue weighted by Crippen LogP contribution is 2.25. The van der Waals surface area contributed by atoms with Crippen LogP contribution in [0.4, 0.5) is 13.2 Å². The van der Waals surface area contributed by atoms with E-state index in [1.807, 2.05) is 24.3 Å². The number of alkyl halides is 3. The number of likely N-dealkylation sites (tertiary alicyclic amines) is 1. The molecule has 0 N–H and O–H groups in total. The molecule has 1 atom stereocenters. The fourth-order valence-corrected chi connectivity index (χ4v) is 3.24. The summed E-state index contributed by atoms with van der Waals surface area (Å²) in [5.41, 5.74) is 0.707. The summed E-state index contributed by atoms with van der Waals surface area (Å²) in [6, 6.07) is 7.39. The second-order valence-electron chi connectivity index (χ2n) is 6.10. The summed E-state index contributed by atoms with van der Waals surface area (Å²) in [5.74, 6) is -1.59. The van der Waals surface area contributed by atoms with Crippen molar-refractivity contribution in [1.29, 1.82) is 0 Å². The molecule has 0 spiro atoms. The van der Waals surface area contributed by atoms with Crippen molar-refractivity contribution in [1.82, 2.24) is 4.90 Å². The van der Waals surface area contributed by atoms with Crippen LogP contribution in [0.1, 0.15) is 12.2 Å². The Morgan fingerprint density at radius 1 is 1.35 bits per heavy atom. The lowest BCUT2D eigenvalue weighted by molar-refractivity contribution is -0.158. The van der Waals surface area contributed by atoms with E-state index in [0.717, 1.165) is 9.86 Å². The summed E-state index contributed by atoms with van der Waals surface area (Å²) in [5, 5.41) is 0.907. The highest BCUT2D eigenvalue weighted by Gasteiger charge is 2.41. The smallest absolute Gasteiger partial charge is 0.406 e. The highest BCUT2D eigenvalue weighted by atomic mass is 79.9. The van der Waals surface area contributed by atoms with E-state index in [9.17, 15) is 22.8 Å². The SMILES string of the molecule is O=C(OCCc1cc2cc(Br)ccc2o1)[C@@H]1CC(=O)N(CC(F)(F)F)C1. The van der Waals surface area contributed by atoms with Gasteiger partial charge in [-0.1, -0.05) is 15.9 Å². The fourth-order valence-electron chi connectivity index (χ4n) is 2.86. The Kier molecular flexibility index (Phi) is 5.27. The van der Waals surface area contributed by atoms with E-state index in [2.05, 4.69) is 15.9 Å². The Labute approximate surface area is 155 Å². The van der Waals surface area contributed by atoms with Crippen molar-refractivity contribution < 1.29 is 31.9 Å². The molecule has 1 aliphatic heterocycles. The normalized spacial score (nSPS) is 17.9. The van der Waals surface area contributed by atoms with Gasteiger partial charge in [0.05, 0.1) is 12.5 Å². The maximum atomic E-state index is 12.4. The summed E-state index contributed by atoms with van der Waals surface area (Å²) in [4.78, 5) is 24.2. The van der Waals surface area contributed by atoms with Gasteiger partial charge in [-0.2, -0.15) is 13.2 Å². The molecular weight excluding hydrogens is 419 g/mol. The molecule has 2 heterocycles. The quantitative estimate of drug-likeness (QED) is 0.674. The third kappa shape index (κ3) is 4.57. The Balaban J connectivity index is 1.50. The van der Waals surface area contributed by atoms with Crippen molar-refractivity contribution in [2.75, 3.05) is 19.7 Å². The van der Waals surface area contributed by atoms with E-state index in [-0.39, 0.29) is 19.6 Å². The van der Waals surface area contributed by atoms with Crippen LogP contribution in [0.3, 0.4) is 0 Å². The molecule has 5 nitrogen and oxygen atoms in total. The second kappa shape index (κ2) is 7.30. The van der Waals surface area contributed by atoms with Crippen LogP contribution in [0.2, 0.25) is 0 Å². The number of esters is 1. The summed E-state index contributed by atoms with van der Waals surface area (Å²) in [6.07, 6.45) is -4.40. The number of fused-ring (bicyclic) bond motifs is 1. The predicted molar refractivity (Wildman–Crippen MR) is 89.3 cm³/mol. The third-order valence-corrected chi connectivity index (χ3v) is 4.53. The second-order valence-corrected chi connectivity index (χ2v) is 7.02. The topological polar surface area (TPSA) is 59.8 Å². The molecule has 0 aliphatic carbocycles. The number of furan rings is 1. The van der Waals surface area contributed by atoms with Gasteiger partial charge in [0, 0.05) is 29.2 Å². The molecule has 0 bridgehead atoms. The molecule has 1 amide bonds. The van der Waals surface area contributed by atoms with E-state index in [0.29, 0.717) is 22.7 Å². The maximum Gasteiger partial charge on any atom is 0.406 e. The summed E-state index contributed by atoms with van der Waals surface area (Å²) in [6.45, 7) is -1.58. The number of carbonyl (C=O) groups is 2. The van der Waals surface area contributed by atoms with E-state index in [1.165, 1.54) is 0 Å². The van der Waals surface area contributed by atoms with Crippen molar-refractivity contribution in [3.8, 4) is 0 Å². The third-order valence-electron chi connectivity index (χ3n) is 4.04. The van der Waals surface area contributed by atoms with Gasteiger partial charge in [0.1, 0.15) is 17.9 Å². The number of rotatable bonds is 5. The minimum absolute atomic E-state index is 0.0315. The van der Waals surface area contributed by atoms with E-state index < -0.39 is 30.5 Å². The molecule has 1 aliphatic rings. The van der Waals surface area contributed by atoms with Crippen LogP contribution in [0.5, 0.6) is 0 Å². The Morgan fingerprint density at radius 3 is 2.85 bits per heavy atom. The number of amides is 1. The van der Waals surface area contributed by atoms with Gasteiger partial charge in [-0.05, 0) is 24.3 Å². The van der Waals surface area contributed by atoms with Crippen molar-refractivity contribution >= 4 is 38.8 Å². The van der Waals surface area contributed by atoms with Crippen molar-refractivity contribution in [2.45, 2.75) is 19.0 Å². The average Bonchev–Trinajstić information content (AvgIpc) is 3.09. The zero-order valence-electron chi connectivity index (χ0n) is 13.5. The Hall–Kier alpha value is -2.03.